The van der Waals surface area contributed by atoms with E-state index in [0.29, 0.717) is 36.2 Å². The molecule has 1 unspecified atom stereocenters. The van der Waals surface area contributed by atoms with Gasteiger partial charge in [0.05, 0.1) is 23.3 Å². The van der Waals surface area contributed by atoms with Crippen molar-refractivity contribution in [3.63, 3.8) is 0 Å². The van der Waals surface area contributed by atoms with Gasteiger partial charge in [0.15, 0.2) is 0 Å². The van der Waals surface area contributed by atoms with E-state index in [4.69, 9.17) is 27.9 Å². The van der Waals surface area contributed by atoms with Crippen LogP contribution in [0.3, 0.4) is 0 Å². The summed E-state index contributed by atoms with van der Waals surface area (Å²) in [7, 11) is 0. The molecule has 0 aromatic heterocycles. The molecular formula is C16H22Cl2N2O2. The second-order valence-electron chi connectivity index (χ2n) is 5.79. The Labute approximate surface area is 141 Å². The molecule has 0 spiro atoms. The lowest BCUT2D eigenvalue weighted by Gasteiger charge is -2.30. The van der Waals surface area contributed by atoms with Gasteiger partial charge >= 0.3 is 0 Å². The predicted molar refractivity (Wildman–Crippen MR) is 89.4 cm³/mol. The van der Waals surface area contributed by atoms with Gasteiger partial charge in [0.1, 0.15) is 0 Å². The number of rotatable bonds is 5. The highest BCUT2D eigenvalue weighted by molar-refractivity contribution is 6.42. The van der Waals surface area contributed by atoms with E-state index in [-0.39, 0.29) is 18.0 Å². The van der Waals surface area contributed by atoms with Crippen LogP contribution in [-0.4, -0.2) is 42.6 Å². The van der Waals surface area contributed by atoms with Gasteiger partial charge in [0, 0.05) is 31.6 Å². The fourth-order valence-corrected chi connectivity index (χ4v) is 2.79. The molecule has 1 atom stereocenters. The van der Waals surface area contributed by atoms with Crippen molar-refractivity contribution in [2.45, 2.75) is 38.9 Å². The van der Waals surface area contributed by atoms with E-state index in [0.717, 1.165) is 12.1 Å². The molecule has 1 aromatic carbocycles. The summed E-state index contributed by atoms with van der Waals surface area (Å²) in [5.41, 5.74) is 0.976. The molecule has 1 aliphatic heterocycles. The molecule has 1 aromatic rings. The summed E-state index contributed by atoms with van der Waals surface area (Å²) in [6.07, 6.45) is 0.444. The maximum absolute atomic E-state index is 12.6. The van der Waals surface area contributed by atoms with Crippen molar-refractivity contribution in [2.24, 2.45) is 0 Å². The first kappa shape index (κ1) is 17.5. The van der Waals surface area contributed by atoms with Crippen LogP contribution in [0.4, 0.5) is 0 Å². The lowest BCUT2D eigenvalue weighted by Crippen LogP contribution is -2.46. The lowest BCUT2D eigenvalue weighted by atomic mass is 10.1. The maximum atomic E-state index is 12.6. The van der Waals surface area contributed by atoms with Crippen LogP contribution in [-0.2, 0) is 16.1 Å². The summed E-state index contributed by atoms with van der Waals surface area (Å²) < 4.78 is 5.41. The highest BCUT2D eigenvalue weighted by Gasteiger charge is 2.23. The minimum Gasteiger partial charge on any atom is -0.378 e. The summed E-state index contributed by atoms with van der Waals surface area (Å²) in [5.74, 6) is 0.115. The normalized spacial score (nSPS) is 18.5. The average molecular weight is 345 g/mol. The number of nitrogens with one attached hydrogen (secondary N) is 1. The van der Waals surface area contributed by atoms with Crippen molar-refractivity contribution >= 4 is 29.1 Å². The molecule has 6 heteroatoms. The van der Waals surface area contributed by atoms with E-state index in [1.807, 2.05) is 30.9 Å². The average Bonchev–Trinajstić information content (AvgIpc) is 2.49. The van der Waals surface area contributed by atoms with E-state index in [9.17, 15) is 4.79 Å². The van der Waals surface area contributed by atoms with Crippen LogP contribution in [0.1, 0.15) is 25.8 Å². The van der Waals surface area contributed by atoms with E-state index < -0.39 is 0 Å². The number of halogens is 2. The first-order chi connectivity index (χ1) is 10.5. The Balaban J connectivity index is 2.01. The van der Waals surface area contributed by atoms with Gasteiger partial charge < -0.3 is 15.0 Å². The van der Waals surface area contributed by atoms with Crippen molar-refractivity contribution in [1.82, 2.24) is 10.2 Å². The molecule has 2 rings (SSSR count). The smallest absolute Gasteiger partial charge is 0.224 e. The zero-order valence-corrected chi connectivity index (χ0v) is 14.5. The Morgan fingerprint density at radius 1 is 1.41 bits per heavy atom. The lowest BCUT2D eigenvalue weighted by molar-refractivity contribution is -0.134. The standard InChI is InChI=1S/C16H22Cl2N2O2/c1-11(2)20(9-12-3-4-14(17)15(18)7-12)16(21)8-13-10-22-6-5-19-13/h3-4,7,11,13,19H,5-6,8-10H2,1-2H3. The van der Waals surface area contributed by atoms with Crippen molar-refractivity contribution in [3.05, 3.63) is 33.8 Å². The number of amides is 1. The molecule has 1 N–H and O–H groups in total. The molecule has 0 saturated carbocycles. The van der Waals surface area contributed by atoms with Gasteiger partial charge in [-0.1, -0.05) is 29.3 Å². The third kappa shape index (κ3) is 4.85. The molecule has 0 radical (unpaired) electrons. The van der Waals surface area contributed by atoms with Crippen molar-refractivity contribution in [3.8, 4) is 0 Å². The highest BCUT2D eigenvalue weighted by Crippen LogP contribution is 2.24. The minimum absolute atomic E-state index is 0.0938. The Morgan fingerprint density at radius 2 is 2.18 bits per heavy atom. The Bertz CT molecular complexity index is 517. The van der Waals surface area contributed by atoms with Gasteiger partial charge in [-0.2, -0.15) is 0 Å². The predicted octanol–water partition coefficient (Wildman–Crippen LogP) is 3.11. The number of hydrogen-bond acceptors (Lipinski definition) is 3. The van der Waals surface area contributed by atoms with Crippen molar-refractivity contribution < 1.29 is 9.53 Å². The van der Waals surface area contributed by atoms with E-state index in [2.05, 4.69) is 5.32 Å². The first-order valence-electron chi connectivity index (χ1n) is 7.52. The fourth-order valence-electron chi connectivity index (χ4n) is 2.47. The third-order valence-corrected chi connectivity index (χ3v) is 4.44. The van der Waals surface area contributed by atoms with E-state index in [1.165, 1.54) is 0 Å². The number of benzene rings is 1. The number of carbonyl (C=O) groups excluding carboxylic acids is 1. The molecule has 1 fully saturated rings. The van der Waals surface area contributed by atoms with Crippen molar-refractivity contribution in [1.29, 1.82) is 0 Å². The van der Waals surface area contributed by atoms with Crippen LogP contribution in [0.5, 0.6) is 0 Å². The largest absolute Gasteiger partial charge is 0.378 e. The zero-order chi connectivity index (χ0) is 16.1. The topological polar surface area (TPSA) is 41.6 Å². The first-order valence-corrected chi connectivity index (χ1v) is 8.27. The van der Waals surface area contributed by atoms with Crippen molar-refractivity contribution in [2.75, 3.05) is 19.8 Å². The van der Waals surface area contributed by atoms with E-state index >= 15 is 0 Å². The van der Waals surface area contributed by atoms with Gasteiger partial charge in [-0.3, -0.25) is 4.79 Å². The van der Waals surface area contributed by atoms with Gasteiger partial charge in [-0.05, 0) is 31.5 Å². The molecule has 1 amide bonds. The SMILES string of the molecule is CC(C)N(Cc1ccc(Cl)c(Cl)c1)C(=O)CC1COCCN1. The fraction of sp³-hybridized carbons (Fsp3) is 0.562. The molecule has 122 valence electrons. The van der Waals surface area contributed by atoms with Crippen LogP contribution in [0.15, 0.2) is 18.2 Å². The van der Waals surface area contributed by atoms with Gasteiger partial charge in [-0.25, -0.2) is 0 Å². The summed E-state index contributed by atoms with van der Waals surface area (Å²) >= 11 is 12.0. The summed E-state index contributed by atoms with van der Waals surface area (Å²) in [4.78, 5) is 14.4. The number of hydrogen-bond donors (Lipinski definition) is 1. The number of carbonyl (C=O) groups is 1. The Morgan fingerprint density at radius 3 is 2.77 bits per heavy atom. The van der Waals surface area contributed by atoms with Crippen LogP contribution in [0, 0.1) is 0 Å². The van der Waals surface area contributed by atoms with Crippen LogP contribution >= 0.6 is 23.2 Å². The molecule has 1 heterocycles. The zero-order valence-electron chi connectivity index (χ0n) is 12.9. The molecule has 1 saturated heterocycles. The Kier molecular flexibility index (Phi) is 6.50. The number of morpholine rings is 1. The summed E-state index contributed by atoms with van der Waals surface area (Å²) in [5, 5.41) is 4.35. The molecule has 22 heavy (non-hydrogen) atoms. The molecule has 4 nitrogen and oxygen atoms in total. The quantitative estimate of drug-likeness (QED) is 0.892. The third-order valence-electron chi connectivity index (χ3n) is 3.70. The van der Waals surface area contributed by atoms with Gasteiger partial charge in [-0.15, -0.1) is 0 Å². The number of ether oxygens (including phenoxy) is 1. The summed E-state index contributed by atoms with van der Waals surface area (Å²) in [6, 6.07) is 5.69. The summed E-state index contributed by atoms with van der Waals surface area (Å²) in [6.45, 7) is 6.65. The Hall–Kier alpha value is -0.810. The van der Waals surface area contributed by atoms with Gasteiger partial charge in [0.25, 0.3) is 0 Å². The second kappa shape index (κ2) is 8.16. The minimum atomic E-state index is 0.0938. The van der Waals surface area contributed by atoms with Crippen LogP contribution in [0.25, 0.3) is 0 Å². The molecular weight excluding hydrogens is 323 g/mol. The monoisotopic (exact) mass is 344 g/mol. The number of nitrogens with zero attached hydrogens (tertiary/aromatic N) is 1. The molecule has 0 aliphatic carbocycles. The molecule has 1 aliphatic rings. The van der Waals surface area contributed by atoms with Gasteiger partial charge in [0.2, 0.25) is 5.91 Å². The molecule has 0 bridgehead atoms. The highest BCUT2D eigenvalue weighted by atomic mass is 35.5. The van der Waals surface area contributed by atoms with E-state index in [1.54, 1.807) is 6.07 Å². The van der Waals surface area contributed by atoms with Crippen LogP contribution < -0.4 is 5.32 Å². The van der Waals surface area contributed by atoms with Crippen LogP contribution in [0.2, 0.25) is 10.0 Å². The maximum Gasteiger partial charge on any atom is 0.224 e. The second-order valence-corrected chi connectivity index (χ2v) is 6.61.